The third-order valence-electron chi connectivity index (χ3n) is 3.55. The molecule has 0 heterocycles. The number of Topliss-reactive ketones (excluding diaryl/α,β-unsaturated/α-hetero) is 1. The van der Waals surface area contributed by atoms with Gasteiger partial charge in [-0.3, -0.25) is 9.59 Å². The van der Waals surface area contributed by atoms with E-state index in [0.717, 1.165) is 5.75 Å². The number of hydrogen-bond acceptors (Lipinski definition) is 3. The molecule has 1 unspecified atom stereocenters. The van der Waals surface area contributed by atoms with Crippen LogP contribution in [0.3, 0.4) is 0 Å². The van der Waals surface area contributed by atoms with E-state index < -0.39 is 0 Å². The molecule has 0 aliphatic carbocycles. The van der Waals surface area contributed by atoms with E-state index in [-0.39, 0.29) is 16.9 Å². The molecule has 0 spiro atoms. The SMILES string of the molecule is CC(=O)c1ccc(NC(=O)C(C)SCc2ccc(C)cc2)cc1. The molecule has 2 aromatic rings. The second-order valence-electron chi connectivity index (χ2n) is 5.56. The summed E-state index contributed by atoms with van der Waals surface area (Å²) in [5, 5.41) is 2.73. The van der Waals surface area contributed by atoms with Crippen LogP contribution in [0.2, 0.25) is 0 Å². The second kappa shape index (κ2) is 7.97. The summed E-state index contributed by atoms with van der Waals surface area (Å²) in [6, 6.07) is 15.3. The molecule has 4 heteroatoms. The van der Waals surface area contributed by atoms with E-state index in [2.05, 4.69) is 36.5 Å². The van der Waals surface area contributed by atoms with Gasteiger partial charge in [-0.1, -0.05) is 29.8 Å². The number of nitrogens with one attached hydrogen (secondary N) is 1. The van der Waals surface area contributed by atoms with Gasteiger partial charge in [-0.05, 0) is 50.6 Å². The average Bonchev–Trinajstić information content (AvgIpc) is 2.54. The minimum Gasteiger partial charge on any atom is -0.325 e. The fourth-order valence-corrected chi connectivity index (χ4v) is 2.86. The minimum absolute atomic E-state index is 0.0184. The van der Waals surface area contributed by atoms with Gasteiger partial charge in [0.15, 0.2) is 5.78 Å². The van der Waals surface area contributed by atoms with Crippen LogP contribution in [-0.4, -0.2) is 16.9 Å². The largest absolute Gasteiger partial charge is 0.325 e. The number of thioether (sulfide) groups is 1. The Morgan fingerprint density at radius 1 is 1.04 bits per heavy atom. The van der Waals surface area contributed by atoms with Crippen molar-refractivity contribution in [3.63, 3.8) is 0 Å². The fraction of sp³-hybridized carbons (Fsp3) is 0.263. The van der Waals surface area contributed by atoms with Crippen LogP contribution in [0.25, 0.3) is 0 Å². The molecule has 1 N–H and O–H groups in total. The summed E-state index contributed by atoms with van der Waals surface area (Å²) in [7, 11) is 0. The molecule has 0 saturated heterocycles. The molecule has 0 saturated carbocycles. The Balaban J connectivity index is 1.86. The Labute approximate surface area is 141 Å². The third kappa shape index (κ3) is 5.25. The number of ketones is 1. The number of carbonyl (C=O) groups is 2. The van der Waals surface area contributed by atoms with Gasteiger partial charge in [-0.25, -0.2) is 0 Å². The summed E-state index contributed by atoms with van der Waals surface area (Å²) in [6.07, 6.45) is 0. The Hall–Kier alpha value is -2.07. The van der Waals surface area contributed by atoms with Crippen LogP contribution in [-0.2, 0) is 10.5 Å². The maximum atomic E-state index is 12.2. The molecule has 2 aromatic carbocycles. The molecule has 1 amide bonds. The number of rotatable bonds is 6. The van der Waals surface area contributed by atoms with E-state index in [1.165, 1.54) is 18.1 Å². The number of aryl methyl sites for hydroxylation is 1. The average molecular weight is 327 g/mol. The zero-order valence-corrected chi connectivity index (χ0v) is 14.4. The fourth-order valence-electron chi connectivity index (χ4n) is 2.01. The lowest BCUT2D eigenvalue weighted by atomic mass is 10.1. The molecule has 0 aliphatic rings. The minimum atomic E-state index is -0.149. The van der Waals surface area contributed by atoms with Crippen LogP contribution in [0.15, 0.2) is 48.5 Å². The molecule has 1 atom stereocenters. The lowest BCUT2D eigenvalue weighted by Gasteiger charge is -2.12. The summed E-state index contributed by atoms with van der Waals surface area (Å²) >= 11 is 1.60. The van der Waals surface area contributed by atoms with E-state index in [1.54, 1.807) is 36.0 Å². The predicted octanol–water partition coefficient (Wildman–Crippen LogP) is 4.46. The highest BCUT2D eigenvalue weighted by Crippen LogP contribution is 2.20. The monoisotopic (exact) mass is 327 g/mol. The maximum Gasteiger partial charge on any atom is 0.237 e. The molecule has 0 radical (unpaired) electrons. The van der Waals surface area contributed by atoms with Crippen molar-refractivity contribution in [1.29, 1.82) is 0 Å². The summed E-state index contributed by atoms with van der Waals surface area (Å²) < 4.78 is 0. The lowest BCUT2D eigenvalue weighted by Crippen LogP contribution is -2.22. The zero-order chi connectivity index (χ0) is 16.8. The van der Waals surface area contributed by atoms with Crippen molar-refractivity contribution in [2.75, 3.05) is 5.32 Å². The molecule has 0 fully saturated rings. The predicted molar refractivity (Wildman–Crippen MR) is 97.0 cm³/mol. The summed E-state index contributed by atoms with van der Waals surface area (Å²) in [5.74, 6) is 0.792. The van der Waals surface area contributed by atoms with Crippen molar-refractivity contribution in [3.8, 4) is 0 Å². The molecular weight excluding hydrogens is 306 g/mol. The van der Waals surface area contributed by atoms with Gasteiger partial charge in [0.1, 0.15) is 0 Å². The van der Waals surface area contributed by atoms with E-state index in [1.807, 2.05) is 6.92 Å². The molecule has 0 aromatic heterocycles. The highest BCUT2D eigenvalue weighted by molar-refractivity contribution is 7.99. The number of anilines is 1. The quantitative estimate of drug-likeness (QED) is 0.797. The van der Waals surface area contributed by atoms with Crippen molar-refractivity contribution in [2.24, 2.45) is 0 Å². The Bertz CT molecular complexity index is 678. The molecule has 23 heavy (non-hydrogen) atoms. The second-order valence-corrected chi connectivity index (χ2v) is 6.89. The van der Waals surface area contributed by atoms with Gasteiger partial charge in [-0.15, -0.1) is 11.8 Å². The standard InChI is InChI=1S/C19H21NO2S/c1-13-4-6-16(7-5-13)12-23-15(3)19(22)20-18-10-8-17(9-11-18)14(2)21/h4-11,15H,12H2,1-3H3,(H,20,22). The molecule has 0 bridgehead atoms. The van der Waals surface area contributed by atoms with Crippen LogP contribution >= 0.6 is 11.8 Å². The first kappa shape index (κ1) is 17.3. The van der Waals surface area contributed by atoms with Gasteiger partial charge in [0.25, 0.3) is 0 Å². The van der Waals surface area contributed by atoms with Crippen molar-refractivity contribution in [1.82, 2.24) is 0 Å². The van der Waals surface area contributed by atoms with Crippen LogP contribution in [0.5, 0.6) is 0 Å². The summed E-state index contributed by atoms with van der Waals surface area (Å²) in [4.78, 5) is 23.4. The molecule has 2 rings (SSSR count). The van der Waals surface area contributed by atoms with Crippen molar-refractivity contribution >= 4 is 29.1 Å². The molecule has 120 valence electrons. The highest BCUT2D eigenvalue weighted by Gasteiger charge is 2.13. The first-order chi connectivity index (χ1) is 11.0. The molecular formula is C19H21NO2S. The Morgan fingerprint density at radius 3 is 2.22 bits per heavy atom. The van der Waals surface area contributed by atoms with E-state index in [0.29, 0.717) is 11.3 Å². The first-order valence-corrected chi connectivity index (χ1v) is 8.59. The maximum absolute atomic E-state index is 12.2. The normalized spacial score (nSPS) is 11.8. The Morgan fingerprint density at radius 2 is 1.65 bits per heavy atom. The summed E-state index contributed by atoms with van der Waals surface area (Å²) in [6.45, 7) is 5.49. The van der Waals surface area contributed by atoms with Gasteiger partial charge >= 0.3 is 0 Å². The zero-order valence-electron chi connectivity index (χ0n) is 13.6. The third-order valence-corrected chi connectivity index (χ3v) is 4.76. The number of amides is 1. The first-order valence-electron chi connectivity index (χ1n) is 7.54. The van der Waals surface area contributed by atoms with Gasteiger partial charge in [0, 0.05) is 17.0 Å². The van der Waals surface area contributed by atoms with E-state index in [4.69, 9.17) is 0 Å². The van der Waals surface area contributed by atoms with E-state index in [9.17, 15) is 9.59 Å². The van der Waals surface area contributed by atoms with E-state index >= 15 is 0 Å². The molecule has 0 aliphatic heterocycles. The molecule has 3 nitrogen and oxygen atoms in total. The van der Waals surface area contributed by atoms with Gasteiger partial charge in [0.05, 0.1) is 5.25 Å². The highest BCUT2D eigenvalue weighted by atomic mass is 32.2. The van der Waals surface area contributed by atoms with Crippen molar-refractivity contribution in [3.05, 3.63) is 65.2 Å². The van der Waals surface area contributed by atoms with Gasteiger partial charge in [-0.2, -0.15) is 0 Å². The van der Waals surface area contributed by atoms with Gasteiger partial charge < -0.3 is 5.32 Å². The van der Waals surface area contributed by atoms with Crippen LogP contribution in [0.1, 0.15) is 35.3 Å². The smallest absolute Gasteiger partial charge is 0.237 e. The van der Waals surface area contributed by atoms with Crippen molar-refractivity contribution < 1.29 is 9.59 Å². The topological polar surface area (TPSA) is 46.2 Å². The van der Waals surface area contributed by atoms with Crippen LogP contribution < -0.4 is 5.32 Å². The van der Waals surface area contributed by atoms with Crippen molar-refractivity contribution in [2.45, 2.75) is 31.8 Å². The lowest BCUT2D eigenvalue weighted by molar-refractivity contribution is -0.115. The number of carbonyl (C=O) groups excluding carboxylic acids is 2. The van der Waals surface area contributed by atoms with Crippen LogP contribution in [0.4, 0.5) is 5.69 Å². The van der Waals surface area contributed by atoms with Gasteiger partial charge in [0.2, 0.25) is 5.91 Å². The number of benzene rings is 2. The summed E-state index contributed by atoms with van der Waals surface area (Å²) in [5.41, 5.74) is 3.80. The van der Waals surface area contributed by atoms with Crippen LogP contribution in [0, 0.1) is 6.92 Å². The Kier molecular flexibility index (Phi) is 5.99. The number of hydrogen-bond donors (Lipinski definition) is 1.